The fourth-order valence-corrected chi connectivity index (χ4v) is 3.60. The molecule has 3 atom stereocenters. The van der Waals surface area contributed by atoms with Gasteiger partial charge in [0.25, 0.3) is 11.5 Å². The average molecular weight is 477 g/mol. The topological polar surface area (TPSA) is 104 Å². The molecule has 1 amide bonds. The first-order valence-electron chi connectivity index (χ1n) is 9.88. The molecule has 13 heteroatoms. The van der Waals surface area contributed by atoms with Gasteiger partial charge in [-0.1, -0.05) is 0 Å². The van der Waals surface area contributed by atoms with Crippen molar-refractivity contribution in [1.29, 1.82) is 0 Å². The Kier molecular flexibility index (Phi) is 6.84. The third-order valence-electron chi connectivity index (χ3n) is 5.61. The highest BCUT2D eigenvalue weighted by Gasteiger charge is 2.47. The summed E-state index contributed by atoms with van der Waals surface area (Å²) in [7, 11) is 0. The second-order valence-electron chi connectivity index (χ2n) is 7.82. The summed E-state index contributed by atoms with van der Waals surface area (Å²) in [6.45, 7) is 0.940. The summed E-state index contributed by atoms with van der Waals surface area (Å²) in [6.07, 6.45) is -3.76. The summed E-state index contributed by atoms with van der Waals surface area (Å²) in [6, 6.07) is -0.479. The zero-order valence-electron chi connectivity index (χ0n) is 17.3. The lowest BCUT2D eigenvalue weighted by atomic mass is 9.86. The molecule has 0 radical (unpaired) electrons. The molecule has 0 aliphatic carbocycles. The van der Waals surface area contributed by atoms with Crippen molar-refractivity contribution >= 4 is 11.7 Å². The smallest absolute Gasteiger partial charge is 0.329 e. The molecule has 1 fully saturated rings. The van der Waals surface area contributed by atoms with Crippen LogP contribution in [0.25, 0.3) is 0 Å². The lowest BCUT2D eigenvalue weighted by molar-refractivity contribution is -0.149. The monoisotopic (exact) mass is 477 g/mol. The molecule has 2 aromatic heterocycles. The number of likely N-dealkylation sites (tertiary alicyclic amines) is 1. The van der Waals surface area contributed by atoms with Gasteiger partial charge in [0.05, 0.1) is 18.2 Å². The number of aromatic nitrogens is 2. The van der Waals surface area contributed by atoms with Crippen LogP contribution in [-0.4, -0.2) is 52.0 Å². The van der Waals surface area contributed by atoms with Crippen LogP contribution in [0.1, 0.15) is 36.4 Å². The molecule has 3 unspecified atom stereocenters. The minimum absolute atomic E-state index is 0.0681. The van der Waals surface area contributed by atoms with Crippen molar-refractivity contribution < 1.29 is 31.1 Å². The molecule has 0 spiro atoms. The summed E-state index contributed by atoms with van der Waals surface area (Å²) >= 11 is 0. The number of nitrogens with zero attached hydrogens (tertiary/aromatic N) is 2. The molecule has 0 saturated carbocycles. The summed E-state index contributed by atoms with van der Waals surface area (Å²) < 4.78 is 81.4. The lowest BCUT2D eigenvalue weighted by Gasteiger charge is -2.40. The number of H-pyrrole nitrogens is 1. The highest BCUT2D eigenvalue weighted by Crippen LogP contribution is 2.41. The van der Waals surface area contributed by atoms with Crippen LogP contribution in [0.5, 0.6) is 0 Å². The number of alkyl halides is 5. The van der Waals surface area contributed by atoms with E-state index in [1.165, 1.54) is 17.9 Å². The molecule has 0 aromatic carbocycles. The van der Waals surface area contributed by atoms with Crippen LogP contribution < -0.4 is 16.6 Å². The molecule has 1 saturated heterocycles. The van der Waals surface area contributed by atoms with Crippen LogP contribution in [0.2, 0.25) is 0 Å². The molecule has 0 bridgehead atoms. The van der Waals surface area contributed by atoms with Crippen molar-refractivity contribution in [2.45, 2.75) is 43.4 Å². The van der Waals surface area contributed by atoms with Gasteiger partial charge >= 0.3 is 6.18 Å². The first-order valence-corrected chi connectivity index (χ1v) is 9.88. The number of nitrogens with two attached hydrogens (primary N) is 1. The number of hydrogen-bond acceptors (Lipinski definition) is 5. The van der Waals surface area contributed by atoms with E-state index in [1.807, 2.05) is 0 Å². The van der Waals surface area contributed by atoms with Gasteiger partial charge in [-0.3, -0.25) is 14.5 Å². The van der Waals surface area contributed by atoms with Gasteiger partial charge in [0.15, 0.2) is 0 Å². The quantitative estimate of drug-likeness (QED) is 0.575. The Morgan fingerprint density at radius 1 is 1.36 bits per heavy atom. The van der Waals surface area contributed by atoms with Gasteiger partial charge in [0, 0.05) is 31.3 Å². The number of aromatic amines is 1. The third kappa shape index (κ3) is 5.53. The Hall–Kier alpha value is -2.93. The number of pyridine rings is 2. The molecular weight excluding hydrogens is 456 g/mol. The second kappa shape index (κ2) is 9.14. The van der Waals surface area contributed by atoms with Gasteiger partial charge in [-0.25, -0.2) is 18.2 Å². The van der Waals surface area contributed by atoms with Crippen LogP contribution in [0.3, 0.4) is 0 Å². The minimum atomic E-state index is -4.94. The van der Waals surface area contributed by atoms with Gasteiger partial charge < -0.3 is 16.0 Å². The van der Waals surface area contributed by atoms with E-state index in [4.69, 9.17) is 5.73 Å². The number of amides is 1. The maximum absolute atomic E-state index is 14.7. The van der Waals surface area contributed by atoms with E-state index in [2.05, 4.69) is 15.3 Å². The van der Waals surface area contributed by atoms with E-state index >= 15 is 0 Å². The number of nitrogens with one attached hydrogen (secondary N) is 2. The molecule has 180 valence electrons. The van der Waals surface area contributed by atoms with Gasteiger partial charge in [-0.05, 0) is 30.7 Å². The van der Waals surface area contributed by atoms with Crippen LogP contribution >= 0.6 is 0 Å². The van der Waals surface area contributed by atoms with Crippen molar-refractivity contribution in [3.05, 3.63) is 57.9 Å². The van der Waals surface area contributed by atoms with E-state index in [9.17, 15) is 35.9 Å². The molecule has 4 N–H and O–H groups in total. The standard InChI is InChI=1S/C20H21F6N5O2/c1-10(17(32)30-15-3-2-12(21)8-28-15)31-5-4-19(22,23)14(9-31)11-6-13(18(33)29-7-11)16(27)20(24,25)26/h2-3,6-8,10,14,16H,4-5,9,27H2,1H3,(H,29,33)(H,28,30,32). The van der Waals surface area contributed by atoms with E-state index < -0.39 is 59.4 Å². The van der Waals surface area contributed by atoms with Gasteiger partial charge in [-0.15, -0.1) is 0 Å². The molecular formula is C20H21F6N5O2. The first kappa shape index (κ1) is 24.7. The Morgan fingerprint density at radius 3 is 2.67 bits per heavy atom. The predicted octanol–water partition coefficient (Wildman–Crippen LogP) is 2.92. The number of anilines is 1. The predicted molar refractivity (Wildman–Crippen MR) is 106 cm³/mol. The minimum Gasteiger partial charge on any atom is -0.329 e. The summed E-state index contributed by atoms with van der Waals surface area (Å²) in [5, 5.41) is 2.45. The van der Waals surface area contributed by atoms with Crippen molar-refractivity contribution in [2.75, 3.05) is 18.4 Å². The van der Waals surface area contributed by atoms with Crippen LogP contribution in [0, 0.1) is 5.82 Å². The van der Waals surface area contributed by atoms with Gasteiger partial charge in [-0.2, -0.15) is 13.2 Å². The fraction of sp³-hybridized carbons (Fsp3) is 0.450. The van der Waals surface area contributed by atoms with E-state index in [0.717, 1.165) is 24.5 Å². The highest BCUT2D eigenvalue weighted by atomic mass is 19.4. The largest absolute Gasteiger partial charge is 0.407 e. The lowest BCUT2D eigenvalue weighted by Crippen LogP contribution is -2.52. The maximum Gasteiger partial charge on any atom is 0.407 e. The Balaban J connectivity index is 1.82. The Morgan fingerprint density at radius 2 is 2.06 bits per heavy atom. The molecule has 1 aliphatic heterocycles. The number of hydrogen-bond donors (Lipinski definition) is 3. The first-order chi connectivity index (χ1) is 15.3. The zero-order chi connectivity index (χ0) is 24.6. The fourth-order valence-electron chi connectivity index (χ4n) is 3.60. The van der Waals surface area contributed by atoms with Crippen LogP contribution in [0.4, 0.5) is 32.2 Å². The molecule has 3 heterocycles. The van der Waals surface area contributed by atoms with E-state index in [0.29, 0.717) is 0 Å². The van der Waals surface area contributed by atoms with Gasteiger partial charge in [0.2, 0.25) is 5.91 Å². The average Bonchev–Trinajstić information content (AvgIpc) is 2.74. The number of rotatable bonds is 5. The number of carbonyl (C=O) groups excluding carboxylic acids is 1. The number of carbonyl (C=O) groups is 1. The van der Waals surface area contributed by atoms with E-state index in [-0.39, 0.29) is 24.5 Å². The van der Waals surface area contributed by atoms with Gasteiger partial charge in [0.1, 0.15) is 17.7 Å². The Bertz CT molecular complexity index is 1060. The third-order valence-corrected chi connectivity index (χ3v) is 5.61. The molecule has 1 aliphatic rings. The summed E-state index contributed by atoms with van der Waals surface area (Å²) in [5.74, 6) is -6.02. The molecule has 33 heavy (non-hydrogen) atoms. The zero-order valence-corrected chi connectivity index (χ0v) is 17.3. The molecule has 2 aromatic rings. The highest BCUT2D eigenvalue weighted by molar-refractivity contribution is 5.93. The maximum atomic E-state index is 14.7. The number of piperidine rings is 1. The Labute approximate surface area is 184 Å². The number of halogens is 6. The van der Waals surface area contributed by atoms with Crippen molar-refractivity contribution in [2.24, 2.45) is 5.73 Å². The van der Waals surface area contributed by atoms with E-state index in [1.54, 1.807) is 0 Å². The van der Waals surface area contributed by atoms with Crippen LogP contribution in [0.15, 0.2) is 35.4 Å². The van der Waals surface area contributed by atoms with Crippen molar-refractivity contribution in [3.63, 3.8) is 0 Å². The SMILES string of the molecule is CC(C(=O)Nc1ccc(F)cn1)N1CCC(F)(F)C(c2c[nH]c(=O)c(C(N)C(F)(F)F)c2)C1. The van der Waals surface area contributed by atoms with Crippen LogP contribution in [-0.2, 0) is 4.79 Å². The summed E-state index contributed by atoms with van der Waals surface area (Å²) in [4.78, 5) is 31.6. The molecule has 3 rings (SSSR count). The second-order valence-corrected chi connectivity index (χ2v) is 7.82. The normalized spacial score (nSPS) is 20.8. The molecule has 7 nitrogen and oxygen atoms in total. The van der Waals surface area contributed by atoms with Crippen molar-refractivity contribution in [3.8, 4) is 0 Å². The summed E-state index contributed by atoms with van der Waals surface area (Å²) in [5.41, 5.74) is 2.88. The van der Waals surface area contributed by atoms with Crippen molar-refractivity contribution in [1.82, 2.24) is 14.9 Å².